The van der Waals surface area contributed by atoms with Crippen molar-refractivity contribution in [2.75, 3.05) is 11.9 Å². The molecule has 148 valence electrons. The Morgan fingerprint density at radius 2 is 1.72 bits per heavy atom. The fourth-order valence-corrected chi connectivity index (χ4v) is 4.48. The number of hydrogen-bond acceptors (Lipinski definition) is 5. The molecule has 6 nitrogen and oxygen atoms in total. The van der Waals surface area contributed by atoms with Crippen molar-refractivity contribution in [2.45, 2.75) is 24.4 Å². The molecule has 1 unspecified atom stereocenters. The van der Waals surface area contributed by atoms with Gasteiger partial charge in [-0.05, 0) is 17.5 Å². The second kappa shape index (κ2) is 8.14. The number of carbonyl (C=O) groups is 2. The zero-order chi connectivity index (χ0) is 20.3. The van der Waals surface area contributed by atoms with E-state index in [1.807, 2.05) is 12.1 Å². The average Bonchev–Trinajstić information content (AvgIpc) is 3.23. The van der Waals surface area contributed by atoms with Crippen LogP contribution in [0.5, 0.6) is 0 Å². The van der Waals surface area contributed by atoms with Crippen molar-refractivity contribution in [3.8, 4) is 0 Å². The Kier molecular flexibility index (Phi) is 5.42. The quantitative estimate of drug-likeness (QED) is 0.606. The molecular formula is C22H21N3O3S. The summed E-state index contributed by atoms with van der Waals surface area (Å²) in [6.07, 6.45) is 2.97. The van der Waals surface area contributed by atoms with Gasteiger partial charge in [-0.25, -0.2) is 4.98 Å². The molecule has 29 heavy (non-hydrogen) atoms. The van der Waals surface area contributed by atoms with Crippen LogP contribution in [0.1, 0.15) is 34.8 Å². The van der Waals surface area contributed by atoms with Crippen molar-refractivity contribution in [1.29, 1.82) is 0 Å². The Morgan fingerprint density at radius 1 is 1.10 bits per heavy atom. The van der Waals surface area contributed by atoms with Gasteiger partial charge in [-0.3, -0.25) is 14.9 Å². The lowest BCUT2D eigenvalue weighted by atomic mass is 9.85. The van der Waals surface area contributed by atoms with Gasteiger partial charge in [0.1, 0.15) is 0 Å². The van der Waals surface area contributed by atoms with Crippen LogP contribution in [-0.4, -0.2) is 28.4 Å². The number of hydrogen-bond donors (Lipinski definition) is 3. The van der Waals surface area contributed by atoms with Gasteiger partial charge in [-0.15, -0.1) is 11.3 Å². The molecule has 1 atom stereocenters. The van der Waals surface area contributed by atoms with E-state index in [0.717, 1.165) is 11.3 Å². The standard InChI is InChI=1S/C22H21N3O3S/c26-19-13-15(11-12-23-19)18-14-24-21(29-18)25-20(27)22(28,16-7-3-1-4-8-16)17-9-5-2-6-10-17/h1-10,14-15,28H,11-13H2,(H,23,26)(H,24,25,27). The highest BCUT2D eigenvalue weighted by molar-refractivity contribution is 7.15. The average molecular weight is 407 g/mol. The second-order valence-electron chi connectivity index (χ2n) is 7.00. The van der Waals surface area contributed by atoms with Gasteiger partial charge in [0.2, 0.25) is 5.91 Å². The molecule has 2 heterocycles. The molecule has 0 saturated carbocycles. The zero-order valence-electron chi connectivity index (χ0n) is 15.7. The molecule has 3 N–H and O–H groups in total. The Labute approximate surface area is 172 Å². The van der Waals surface area contributed by atoms with Crippen LogP contribution in [0.4, 0.5) is 5.13 Å². The minimum Gasteiger partial charge on any atom is -0.372 e. The highest BCUT2D eigenvalue weighted by atomic mass is 32.1. The lowest BCUT2D eigenvalue weighted by Crippen LogP contribution is -2.41. The number of amides is 2. The van der Waals surface area contributed by atoms with Crippen LogP contribution in [0.2, 0.25) is 0 Å². The van der Waals surface area contributed by atoms with Gasteiger partial charge in [0.25, 0.3) is 5.91 Å². The number of aromatic nitrogens is 1. The largest absolute Gasteiger partial charge is 0.372 e. The van der Waals surface area contributed by atoms with Crippen LogP contribution in [0.25, 0.3) is 0 Å². The highest BCUT2D eigenvalue weighted by Gasteiger charge is 2.40. The number of benzene rings is 2. The smallest absolute Gasteiger partial charge is 0.267 e. The third kappa shape index (κ3) is 3.92. The minimum atomic E-state index is -1.85. The number of anilines is 1. The van der Waals surface area contributed by atoms with E-state index in [2.05, 4.69) is 15.6 Å². The van der Waals surface area contributed by atoms with E-state index in [1.165, 1.54) is 11.3 Å². The number of thiazole rings is 1. The summed E-state index contributed by atoms with van der Waals surface area (Å²) in [4.78, 5) is 30.1. The molecule has 2 aromatic carbocycles. The molecular weight excluding hydrogens is 386 g/mol. The third-order valence-electron chi connectivity index (χ3n) is 5.10. The van der Waals surface area contributed by atoms with Crippen molar-refractivity contribution in [3.05, 3.63) is 82.9 Å². The van der Waals surface area contributed by atoms with E-state index in [4.69, 9.17) is 0 Å². The van der Waals surface area contributed by atoms with Gasteiger partial charge in [0.05, 0.1) is 0 Å². The molecule has 1 saturated heterocycles. The number of nitrogens with one attached hydrogen (secondary N) is 2. The Hall–Kier alpha value is -3.03. The van der Waals surface area contributed by atoms with Crippen LogP contribution >= 0.6 is 11.3 Å². The molecule has 1 aliphatic heterocycles. The van der Waals surface area contributed by atoms with E-state index in [0.29, 0.717) is 29.2 Å². The summed E-state index contributed by atoms with van der Waals surface area (Å²) < 4.78 is 0. The number of aliphatic hydroxyl groups is 1. The summed E-state index contributed by atoms with van der Waals surface area (Å²) in [6.45, 7) is 0.644. The monoisotopic (exact) mass is 407 g/mol. The first-order valence-corrected chi connectivity index (χ1v) is 10.3. The van der Waals surface area contributed by atoms with E-state index < -0.39 is 11.5 Å². The SMILES string of the molecule is O=C1CC(c2cnc(NC(=O)C(O)(c3ccccc3)c3ccccc3)s2)CCN1. The van der Waals surface area contributed by atoms with Gasteiger partial charge in [-0.1, -0.05) is 60.7 Å². The van der Waals surface area contributed by atoms with E-state index in [1.54, 1.807) is 54.7 Å². The molecule has 1 aromatic heterocycles. The maximum Gasteiger partial charge on any atom is 0.267 e. The topological polar surface area (TPSA) is 91.3 Å². The number of carbonyl (C=O) groups excluding carboxylic acids is 2. The first-order chi connectivity index (χ1) is 14.1. The van der Waals surface area contributed by atoms with Gasteiger partial charge in [0, 0.05) is 30.0 Å². The van der Waals surface area contributed by atoms with Crippen LogP contribution in [0.15, 0.2) is 66.9 Å². The Morgan fingerprint density at radius 3 is 2.31 bits per heavy atom. The minimum absolute atomic E-state index is 0.0303. The molecule has 0 bridgehead atoms. The van der Waals surface area contributed by atoms with Crippen LogP contribution in [-0.2, 0) is 15.2 Å². The number of rotatable bonds is 5. The molecule has 7 heteroatoms. The summed E-state index contributed by atoms with van der Waals surface area (Å²) in [5, 5.41) is 17.5. The van der Waals surface area contributed by atoms with Crippen LogP contribution < -0.4 is 10.6 Å². The van der Waals surface area contributed by atoms with Gasteiger partial charge in [0.15, 0.2) is 10.7 Å². The summed E-state index contributed by atoms with van der Waals surface area (Å²) in [5.41, 5.74) is -0.895. The third-order valence-corrected chi connectivity index (χ3v) is 6.18. The van der Waals surface area contributed by atoms with Crippen molar-refractivity contribution >= 4 is 28.3 Å². The molecule has 4 rings (SSSR count). The zero-order valence-corrected chi connectivity index (χ0v) is 16.5. The van der Waals surface area contributed by atoms with Gasteiger partial charge >= 0.3 is 0 Å². The van der Waals surface area contributed by atoms with Crippen molar-refractivity contribution < 1.29 is 14.7 Å². The number of piperidine rings is 1. The van der Waals surface area contributed by atoms with Gasteiger partial charge < -0.3 is 10.4 Å². The Balaban J connectivity index is 1.60. The Bertz CT molecular complexity index is 965. The lowest BCUT2D eigenvalue weighted by Gasteiger charge is -2.27. The van der Waals surface area contributed by atoms with Crippen molar-refractivity contribution in [1.82, 2.24) is 10.3 Å². The predicted molar refractivity (Wildman–Crippen MR) is 112 cm³/mol. The molecule has 1 aliphatic rings. The molecule has 0 aliphatic carbocycles. The maximum absolute atomic E-state index is 13.2. The van der Waals surface area contributed by atoms with Gasteiger partial charge in [-0.2, -0.15) is 0 Å². The molecule has 0 radical (unpaired) electrons. The number of nitrogens with zero attached hydrogens (tertiary/aromatic N) is 1. The summed E-state index contributed by atoms with van der Waals surface area (Å²) >= 11 is 1.34. The summed E-state index contributed by atoms with van der Waals surface area (Å²) in [5.74, 6) is -0.436. The first-order valence-electron chi connectivity index (χ1n) is 9.44. The van der Waals surface area contributed by atoms with E-state index >= 15 is 0 Å². The van der Waals surface area contributed by atoms with E-state index in [9.17, 15) is 14.7 Å². The molecule has 1 fully saturated rings. The van der Waals surface area contributed by atoms with Crippen molar-refractivity contribution in [2.24, 2.45) is 0 Å². The second-order valence-corrected chi connectivity index (χ2v) is 8.07. The van der Waals surface area contributed by atoms with Crippen LogP contribution in [0.3, 0.4) is 0 Å². The van der Waals surface area contributed by atoms with E-state index in [-0.39, 0.29) is 11.8 Å². The fraction of sp³-hybridized carbons (Fsp3) is 0.227. The van der Waals surface area contributed by atoms with Crippen molar-refractivity contribution in [3.63, 3.8) is 0 Å². The fourth-order valence-electron chi connectivity index (χ4n) is 3.53. The molecule has 3 aromatic rings. The summed E-state index contributed by atoms with van der Waals surface area (Å²) in [6, 6.07) is 17.7. The normalized spacial score (nSPS) is 16.9. The summed E-state index contributed by atoms with van der Waals surface area (Å²) in [7, 11) is 0. The molecule has 0 spiro atoms. The lowest BCUT2D eigenvalue weighted by molar-refractivity contribution is -0.131. The molecule has 2 amide bonds. The van der Waals surface area contributed by atoms with Crippen LogP contribution in [0, 0.1) is 0 Å². The first kappa shape index (κ1) is 19.3. The highest BCUT2D eigenvalue weighted by Crippen LogP contribution is 2.34. The maximum atomic E-state index is 13.2. The predicted octanol–water partition coefficient (Wildman–Crippen LogP) is 3.01.